The Morgan fingerprint density at radius 1 is 1.10 bits per heavy atom. The van der Waals surface area contributed by atoms with Gasteiger partial charge in [-0.25, -0.2) is 4.98 Å². The normalized spacial score (nSPS) is 20.5. The van der Waals surface area contributed by atoms with E-state index in [1.807, 2.05) is 41.1 Å². The molecule has 1 fully saturated rings. The van der Waals surface area contributed by atoms with Crippen molar-refractivity contribution in [1.29, 1.82) is 0 Å². The number of benzene rings is 2. The van der Waals surface area contributed by atoms with Gasteiger partial charge in [-0.2, -0.15) is 4.68 Å². The number of pyridine rings is 1. The van der Waals surface area contributed by atoms with Gasteiger partial charge in [-0.1, -0.05) is 24.2 Å². The molecule has 0 radical (unpaired) electrons. The zero-order valence-corrected chi connectivity index (χ0v) is 21.3. The molecule has 8 rings (SSSR count). The van der Waals surface area contributed by atoms with E-state index in [4.69, 9.17) is 21.3 Å². The Kier molecular flexibility index (Phi) is 4.66. The first kappa shape index (κ1) is 22.3. The minimum Gasteiger partial charge on any atom is -0.485 e. The fourth-order valence-electron chi connectivity index (χ4n) is 5.91. The van der Waals surface area contributed by atoms with E-state index in [-0.39, 0.29) is 11.6 Å². The lowest BCUT2D eigenvalue weighted by molar-refractivity contribution is 0.347. The van der Waals surface area contributed by atoms with E-state index >= 15 is 0 Å². The van der Waals surface area contributed by atoms with Gasteiger partial charge in [0.05, 0.1) is 29.3 Å². The van der Waals surface area contributed by atoms with E-state index in [9.17, 15) is 4.79 Å². The average Bonchev–Trinajstić information content (AvgIpc) is 3.28. The van der Waals surface area contributed by atoms with Gasteiger partial charge in [-0.3, -0.25) is 4.79 Å². The van der Waals surface area contributed by atoms with Crippen LogP contribution in [0.5, 0.6) is 5.75 Å². The van der Waals surface area contributed by atoms with Crippen molar-refractivity contribution in [3.63, 3.8) is 0 Å². The maximum atomic E-state index is 13.6. The number of halogens is 1. The highest BCUT2D eigenvalue weighted by atomic mass is 35.5. The number of imidazole rings is 1. The van der Waals surface area contributed by atoms with Gasteiger partial charge in [0, 0.05) is 39.5 Å². The van der Waals surface area contributed by atoms with Crippen molar-refractivity contribution in [1.82, 2.24) is 34.7 Å². The molecule has 3 aromatic heterocycles. The Hall–Kier alpha value is -4.70. The highest BCUT2D eigenvalue weighted by Gasteiger charge is 2.54. The summed E-state index contributed by atoms with van der Waals surface area (Å²) in [4.78, 5) is 21.8. The van der Waals surface area contributed by atoms with Crippen LogP contribution in [0.25, 0.3) is 28.1 Å². The number of aromatic amines is 1. The number of ether oxygens (including phenoxy) is 1. The lowest BCUT2D eigenvalue weighted by atomic mass is 10.0. The summed E-state index contributed by atoms with van der Waals surface area (Å²) in [5, 5.41) is 15.3. The van der Waals surface area contributed by atoms with Crippen LogP contribution >= 0.6 is 11.6 Å². The van der Waals surface area contributed by atoms with Crippen molar-refractivity contribution >= 4 is 17.3 Å². The molecule has 3 aliphatic rings. The first-order chi connectivity index (χ1) is 19.0. The summed E-state index contributed by atoms with van der Waals surface area (Å²) in [6.45, 7) is 4.36. The summed E-state index contributed by atoms with van der Waals surface area (Å²) in [5.41, 5.74) is 6.83. The molecule has 2 N–H and O–H groups in total. The summed E-state index contributed by atoms with van der Waals surface area (Å²) >= 11 is 6.35. The van der Waals surface area contributed by atoms with E-state index in [0.717, 1.165) is 63.1 Å². The van der Waals surface area contributed by atoms with E-state index in [2.05, 4.69) is 38.5 Å². The van der Waals surface area contributed by atoms with Gasteiger partial charge in [0.1, 0.15) is 24.5 Å². The monoisotopic (exact) mass is 536 g/mol. The summed E-state index contributed by atoms with van der Waals surface area (Å²) in [6.07, 6.45) is 4.36. The topological polar surface area (TPSA) is 116 Å². The molecule has 5 heterocycles. The molecule has 1 saturated carbocycles. The molecular formula is C28H21ClN8O2. The van der Waals surface area contributed by atoms with Crippen LogP contribution in [0.2, 0.25) is 5.02 Å². The van der Waals surface area contributed by atoms with Crippen LogP contribution in [0.4, 0.5) is 5.69 Å². The highest BCUT2D eigenvalue weighted by Crippen LogP contribution is 2.60. The first-order valence-corrected chi connectivity index (χ1v) is 13.0. The molecule has 10 nitrogen and oxygen atoms in total. The summed E-state index contributed by atoms with van der Waals surface area (Å²) in [5.74, 6) is 2.19. The second kappa shape index (κ2) is 8.15. The number of hydrogen-bond acceptors (Lipinski definition) is 7. The van der Waals surface area contributed by atoms with Crippen LogP contribution in [0.15, 0.2) is 78.1 Å². The number of hydrogen-bond donors (Lipinski definition) is 2. The summed E-state index contributed by atoms with van der Waals surface area (Å²) in [7, 11) is 0. The van der Waals surface area contributed by atoms with E-state index in [0.29, 0.717) is 23.5 Å². The lowest BCUT2D eigenvalue weighted by Gasteiger charge is -2.21. The van der Waals surface area contributed by atoms with Crippen LogP contribution in [0.3, 0.4) is 0 Å². The standard InChI is InChI=1S/C28H21ClN8O2/c1-14-12-39-25-7-15(2-4-21(25)32-14)22-11-30-28(33-22)27-20-10-19(20)24-6-16(8-26(38)37(24)27)18-9-17(29)3-5-23(18)36-13-31-34-35-36/h2-9,11,13,19-20,27,32H,1,10,12H2,(H,30,33). The molecule has 3 atom stereocenters. The predicted octanol–water partition coefficient (Wildman–Crippen LogP) is 4.56. The van der Waals surface area contributed by atoms with Gasteiger partial charge < -0.3 is 19.6 Å². The fraction of sp³-hybridized carbons (Fsp3) is 0.179. The SMILES string of the molecule is C=C1COc2cc(-c3cnc(C4C5CC5c5cc(-c6cc(Cl)ccc6-n6cnnn6)cc(=O)n54)[nH]3)ccc2N1. The molecule has 1 aliphatic carbocycles. The van der Waals surface area contributed by atoms with Crippen LogP contribution in [0, 0.1) is 5.92 Å². The zero-order valence-electron chi connectivity index (χ0n) is 20.5. The Morgan fingerprint density at radius 2 is 2.03 bits per heavy atom. The number of rotatable bonds is 4. The van der Waals surface area contributed by atoms with Gasteiger partial charge >= 0.3 is 0 Å². The van der Waals surface area contributed by atoms with Gasteiger partial charge in [-0.15, -0.1) is 5.10 Å². The molecule has 11 heteroatoms. The van der Waals surface area contributed by atoms with Crippen molar-refractivity contribution in [2.24, 2.45) is 5.92 Å². The second-order valence-corrected chi connectivity index (χ2v) is 10.6. The van der Waals surface area contributed by atoms with Crippen molar-refractivity contribution in [2.75, 3.05) is 11.9 Å². The molecule has 5 aromatic rings. The average molecular weight is 537 g/mol. The largest absolute Gasteiger partial charge is 0.485 e. The molecular weight excluding hydrogens is 516 g/mol. The Labute approximate surface area is 226 Å². The van der Waals surface area contributed by atoms with Gasteiger partial charge in [-0.05, 0) is 64.7 Å². The molecule has 192 valence electrons. The van der Waals surface area contributed by atoms with Crippen molar-refractivity contribution in [3.8, 4) is 33.8 Å². The maximum Gasteiger partial charge on any atom is 0.252 e. The number of H-pyrrole nitrogens is 1. The zero-order chi connectivity index (χ0) is 26.2. The van der Waals surface area contributed by atoms with Gasteiger partial charge in [0.15, 0.2) is 0 Å². The van der Waals surface area contributed by atoms with E-state index < -0.39 is 0 Å². The Morgan fingerprint density at radius 3 is 2.90 bits per heavy atom. The molecule has 0 bridgehead atoms. The van der Waals surface area contributed by atoms with Gasteiger partial charge in [0.2, 0.25) is 0 Å². The number of anilines is 1. The molecule has 39 heavy (non-hydrogen) atoms. The third-order valence-corrected chi connectivity index (χ3v) is 7.98. The number of nitrogens with one attached hydrogen (secondary N) is 2. The predicted molar refractivity (Wildman–Crippen MR) is 145 cm³/mol. The summed E-state index contributed by atoms with van der Waals surface area (Å²) in [6, 6.07) is 15.1. The van der Waals surface area contributed by atoms with Crippen molar-refractivity contribution < 1.29 is 4.74 Å². The number of aromatic nitrogens is 7. The van der Waals surface area contributed by atoms with E-state index in [1.165, 1.54) is 6.33 Å². The van der Waals surface area contributed by atoms with Crippen LogP contribution in [-0.2, 0) is 0 Å². The number of tetrazole rings is 1. The Balaban J connectivity index is 1.17. The van der Waals surface area contributed by atoms with Crippen molar-refractivity contribution in [3.05, 3.63) is 100 Å². The highest BCUT2D eigenvalue weighted by molar-refractivity contribution is 6.31. The number of nitrogens with zero attached hydrogens (tertiary/aromatic N) is 6. The Bertz CT molecular complexity index is 1860. The van der Waals surface area contributed by atoms with E-state index in [1.54, 1.807) is 16.8 Å². The third kappa shape index (κ3) is 3.52. The summed E-state index contributed by atoms with van der Waals surface area (Å²) < 4.78 is 9.27. The molecule has 2 aliphatic heterocycles. The van der Waals surface area contributed by atoms with Crippen LogP contribution in [0.1, 0.15) is 29.9 Å². The molecule has 0 spiro atoms. The van der Waals surface area contributed by atoms with Gasteiger partial charge in [0.25, 0.3) is 5.56 Å². The lowest BCUT2D eigenvalue weighted by Crippen LogP contribution is -2.26. The molecule has 3 unspecified atom stereocenters. The fourth-order valence-corrected chi connectivity index (χ4v) is 6.08. The second-order valence-electron chi connectivity index (χ2n) is 10.2. The number of fused-ring (bicyclic) bond motifs is 4. The first-order valence-electron chi connectivity index (χ1n) is 12.6. The molecule has 2 aromatic carbocycles. The molecule has 0 saturated heterocycles. The molecule has 0 amide bonds. The minimum atomic E-state index is -0.141. The van der Waals surface area contributed by atoms with Crippen LogP contribution < -0.4 is 15.6 Å². The van der Waals surface area contributed by atoms with Crippen LogP contribution in [-0.4, -0.2) is 41.3 Å². The smallest absolute Gasteiger partial charge is 0.252 e. The third-order valence-electron chi connectivity index (χ3n) is 7.75. The quantitative estimate of drug-likeness (QED) is 0.346. The van der Waals surface area contributed by atoms with Crippen molar-refractivity contribution in [2.45, 2.75) is 18.4 Å². The minimum absolute atomic E-state index is 0.0752. The maximum absolute atomic E-state index is 13.6.